The van der Waals surface area contributed by atoms with Crippen molar-refractivity contribution >= 4 is 5.69 Å². The first kappa shape index (κ1) is 14.8. The van der Waals surface area contributed by atoms with E-state index < -0.39 is 0 Å². The van der Waals surface area contributed by atoms with Crippen LogP contribution in [0.25, 0.3) is 0 Å². The van der Waals surface area contributed by atoms with Crippen molar-refractivity contribution < 1.29 is 14.2 Å². The first-order valence-corrected chi connectivity index (χ1v) is 6.08. The second-order valence-electron chi connectivity index (χ2n) is 4.56. The summed E-state index contributed by atoms with van der Waals surface area (Å²) in [5.41, 5.74) is 9.03. The van der Waals surface area contributed by atoms with Crippen molar-refractivity contribution in [3.63, 3.8) is 0 Å². The first-order chi connectivity index (χ1) is 8.51. The maximum atomic E-state index is 6.11. The van der Waals surface area contributed by atoms with Gasteiger partial charge in [-0.3, -0.25) is 0 Å². The Morgan fingerprint density at radius 1 is 1.17 bits per heavy atom. The van der Waals surface area contributed by atoms with E-state index in [0.29, 0.717) is 12.5 Å². The molecule has 1 aromatic carbocycles. The van der Waals surface area contributed by atoms with E-state index >= 15 is 0 Å². The second-order valence-corrected chi connectivity index (χ2v) is 4.56. The average molecular weight is 253 g/mol. The monoisotopic (exact) mass is 253 g/mol. The van der Waals surface area contributed by atoms with Crippen molar-refractivity contribution in [1.82, 2.24) is 0 Å². The van der Waals surface area contributed by atoms with Crippen LogP contribution >= 0.6 is 0 Å². The fourth-order valence-electron chi connectivity index (χ4n) is 1.78. The molecule has 18 heavy (non-hydrogen) atoms. The van der Waals surface area contributed by atoms with Crippen LogP contribution in [0, 0.1) is 6.92 Å². The van der Waals surface area contributed by atoms with Crippen molar-refractivity contribution in [2.24, 2.45) is 0 Å². The van der Waals surface area contributed by atoms with Crippen LogP contribution in [-0.2, 0) is 9.47 Å². The summed E-state index contributed by atoms with van der Waals surface area (Å²) in [6.45, 7) is 6.55. The van der Waals surface area contributed by atoms with Gasteiger partial charge in [0.05, 0.1) is 0 Å². The van der Waals surface area contributed by atoms with Gasteiger partial charge >= 0.3 is 0 Å². The van der Waals surface area contributed by atoms with E-state index in [0.717, 1.165) is 22.6 Å². The maximum Gasteiger partial charge on any atom is 0.191 e. The van der Waals surface area contributed by atoms with Crippen LogP contribution in [0.2, 0.25) is 0 Å². The zero-order valence-electron chi connectivity index (χ0n) is 11.8. The van der Waals surface area contributed by atoms with Gasteiger partial charge in [0.25, 0.3) is 0 Å². The lowest BCUT2D eigenvalue weighted by molar-refractivity contribution is -0.122. The summed E-state index contributed by atoms with van der Waals surface area (Å²) in [6, 6.07) is 3.96. The number of anilines is 1. The molecule has 0 saturated heterocycles. The molecule has 0 spiro atoms. The highest BCUT2D eigenvalue weighted by Crippen LogP contribution is 2.31. The lowest BCUT2D eigenvalue weighted by Crippen LogP contribution is -2.22. The van der Waals surface area contributed by atoms with Gasteiger partial charge in [-0.1, -0.05) is 19.9 Å². The fourth-order valence-corrected chi connectivity index (χ4v) is 1.78. The Kier molecular flexibility index (Phi) is 5.44. The number of methoxy groups -OCH3 is 2. The van der Waals surface area contributed by atoms with Gasteiger partial charge in [0.15, 0.2) is 6.29 Å². The molecule has 0 radical (unpaired) electrons. The SMILES string of the molecule is COC(COc1ccc(C(C)C)c(N)c1C)OC. The third-order valence-corrected chi connectivity index (χ3v) is 3.02. The summed E-state index contributed by atoms with van der Waals surface area (Å²) in [4.78, 5) is 0. The largest absolute Gasteiger partial charge is 0.488 e. The minimum absolute atomic E-state index is 0.342. The molecule has 2 N–H and O–H groups in total. The van der Waals surface area contributed by atoms with Gasteiger partial charge in [-0.05, 0) is 24.5 Å². The number of nitrogens with two attached hydrogens (primary N) is 1. The van der Waals surface area contributed by atoms with Gasteiger partial charge in [-0.2, -0.15) is 0 Å². The predicted molar refractivity (Wildman–Crippen MR) is 73.0 cm³/mol. The Hall–Kier alpha value is -1.26. The molecule has 0 aliphatic rings. The molecule has 0 amide bonds. The molecular weight excluding hydrogens is 230 g/mol. The lowest BCUT2D eigenvalue weighted by Gasteiger charge is -2.18. The Morgan fingerprint density at radius 3 is 2.28 bits per heavy atom. The minimum atomic E-state index is -0.365. The standard InChI is InChI=1S/C14H23NO3/c1-9(2)11-6-7-12(10(3)14(11)15)18-8-13(16-4)17-5/h6-7,9,13H,8,15H2,1-5H3. The normalized spacial score (nSPS) is 11.3. The summed E-state index contributed by atoms with van der Waals surface area (Å²) in [7, 11) is 3.17. The smallest absolute Gasteiger partial charge is 0.191 e. The third-order valence-electron chi connectivity index (χ3n) is 3.02. The van der Waals surface area contributed by atoms with Gasteiger partial charge in [0.1, 0.15) is 12.4 Å². The van der Waals surface area contributed by atoms with Crippen LogP contribution in [0.15, 0.2) is 12.1 Å². The molecule has 0 saturated carbocycles. The average Bonchev–Trinajstić information content (AvgIpc) is 2.35. The van der Waals surface area contributed by atoms with Gasteiger partial charge in [0.2, 0.25) is 0 Å². The lowest BCUT2D eigenvalue weighted by atomic mass is 9.98. The van der Waals surface area contributed by atoms with Crippen LogP contribution in [0.5, 0.6) is 5.75 Å². The highest BCUT2D eigenvalue weighted by Gasteiger charge is 2.12. The van der Waals surface area contributed by atoms with Crippen molar-refractivity contribution in [2.75, 3.05) is 26.6 Å². The fraction of sp³-hybridized carbons (Fsp3) is 0.571. The van der Waals surface area contributed by atoms with Crippen molar-refractivity contribution in [1.29, 1.82) is 0 Å². The molecule has 0 heterocycles. The van der Waals surface area contributed by atoms with E-state index in [1.165, 1.54) is 0 Å². The van der Waals surface area contributed by atoms with Gasteiger partial charge in [-0.25, -0.2) is 0 Å². The molecule has 0 aromatic heterocycles. The van der Waals surface area contributed by atoms with E-state index in [1.54, 1.807) is 14.2 Å². The minimum Gasteiger partial charge on any atom is -0.488 e. The second kappa shape index (κ2) is 6.61. The van der Waals surface area contributed by atoms with E-state index in [4.69, 9.17) is 19.9 Å². The topological polar surface area (TPSA) is 53.7 Å². The van der Waals surface area contributed by atoms with Crippen LogP contribution in [0.3, 0.4) is 0 Å². The summed E-state index contributed by atoms with van der Waals surface area (Å²) in [6.07, 6.45) is -0.365. The first-order valence-electron chi connectivity index (χ1n) is 6.08. The molecule has 102 valence electrons. The third kappa shape index (κ3) is 3.37. The molecule has 4 nitrogen and oxygen atoms in total. The van der Waals surface area contributed by atoms with Gasteiger partial charge in [-0.15, -0.1) is 0 Å². The van der Waals surface area contributed by atoms with E-state index in [-0.39, 0.29) is 6.29 Å². The predicted octanol–water partition coefficient (Wildman–Crippen LogP) is 2.70. The number of benzene rings is 1. The highest BCUT2D eigenvalue weighted by atomic mass is 16.7. The Labute approximate surface area is 109 Å². The molecule has 0 atom stereocenters. The highest BCUT2D eigenvalue weighted by molar-refractivity contribution is 5.60. The molecular formula is C14H23NO3. The van der Waals surface area contributed by atoms with Crippen LogP contribution < -0.4 is 10.5 Å². The van der Waals surface area contributed by atoms with Crippen molar-refractivity contribution in [3.8, 4) is 5.75 Å². The maximum absolute atomic E-state index is 6.11. The number of hydrogen-bond donors (Lipinski definition) is 1. The zero-order valence-corrected chi connectivity index (χ0v) is 11.8. The molecule has 1 rings (SSSR count). The van der Waals surface area contributed by atoms with Crippen LogP contribution in [0.1, 0.15) is 30.9 Å². The summed E-state index contributed by atoms with van der Waals surface area (Å²) >= 11 is 0. The number of ether oxygens (including phenoxy) is 3. The molecule has 0 bridgehead atoms. The van der Waals surface area contributed by atoms with Gasteiger partial charge < -0.3 is 19.9 Å². The van der Waals surface area contributed by atoms with Crippen molar-refractivity contribution in [2.45, 2.75) is 33.0 Å². The zero-order chi connectivity index (χ0) is 13.7. The number of rotatable bonds is 6. The quantitative estimate of drug-likeness (QED) is 0.625. The summed E-state index contributed by atoms with van der Waals surface area (Å²) in [5.74, 6) is 1.18. The van der Waals surface area contributed by atoms with E-state index in [2.05, 4.69) is 13.8 Å². The molecule has 0 fully saturated rings. The van der Waals surface area contributed by atoms with Crippen LogP contribution in [0.4, 0.5) is 5.69 Å². The Morgan fingerprint density at radius 2 is 1.78 bits per heavy atom. The van der Waals surface area contributed by atoms with E-state index in [9.17, 15) is 0 Å². The summed E-state index contributed by atoms with van der Waals surface area (Å²) < 4.78 is 15.8. The van der Waals surface area contributed by atoms with Crippen molar-refractivity contribution in [3.05, 3.63) is 23.3 Å². The Bertz CT molecular complexity index is 387. The molecule has 1 aromatic rings. The number of nitrogen functional groups attached to an aromatic ring is 1. The van der Waals surface area contributed by atoms with Gasteiger partial charge in [0, 0.05) is 25.5 Å². The Balaban J connectivity index is 2.82. The van der Waals surface area contributed by atoms with Crippen LogP contribution in [-0.4, -0.2) is 27.1 Å². The van der Waals surface area contributed by atoms with E-state index in [1.807, 2.05) is 19.1 Å². The summed E-state index contributed by atoms with van der Waals surface area (Å²) in [5, 5.41) is 0. The molecule has 4 heteroatoms. The number of hydrogen-bond acceptors (Lipinski definition) is 4. The molecule has 0 aliphatic heterocycles. The molecule has 0 aliphatic carbocycles. The molecule has 0 unspecified atom stereocenters.